The van der Waals surface area contributed by atoms with E-state index in [2.05, 4.69) is 23.6 Å². The molecule has 2 rings (SSSR count). The van der Waals surface area contributed by atoms with Crippen molar-refractivity contribution in [2.24, 2.45) is 5.73 Å². The standard InChI is InChI=1S/C13H26N4/c1-3-11(7-13(14)15)17-9-12-5-4-6-16(12)8-10(17)2/h10-12H,3-9H2,1-2H3,(H3,14,15). The first-order valence-electron chi connectivity index (χ1n) is 6.94. The van der Waals surface area contributed by atoms with Crippen LogP contribution in [0.5, 0.6) is 0 Å². The molecule has 2 fully saturated rings. The van der Waals surface area contributed by atoms with Gasteiger partial charge in [0.25, 0.3) is 0 Å². The van der Waals surface area contributed by atoms with Crippen LogP contribution in [-0.4, -0.2) is 53.4 Å². The number of hydrogen-bond acceptors (Lipinski definition) is 3. The summed E-state index contributed by atoms with van der Waals surface area (Å²) in [5.41, 5.74) is 5.57. The van der Waals surface area contributed by atoms with Crippen molar-refractivity contribution in [3.63, 3.8) is 0 Å². The summed E-state index contributed by atoms with van der Waals surface area (Å²) >= 11 is 0. The van der Waals surface area contributed by atoms with Crippen LogP contribution in [0.1, 0.15) is 39.5 Å². The van der Waals surface area contributed by atoms with Crippen LogP contribution in [0.3, 0.4) is 0 Å². The summed E-state index contributed by atoms with van der Waals surface area (Å²) in [6.07, 6.45) is 4.53. The third-order valence-corrected chi connectivity index (χ3v) is 4.38. The number of fused-ring (bicyclic) bond motifs is 1. The second kappa shape index (κ2) is 5.36. The van der Waals surface area contributed by atoms with E-state index in [1.54, 1.807) is 0 Å². The lowest BCUT2D eigenvalue weighted by Crippen LogP contribution is -2.58. The second-order valence-corrected chi connectivity index (χ2v) is 5.63. The lowest BCUT2D eigenvalue weighted by molar-refractivity contribution is 0.0285. The summed E-state index contributed by atoms with van der Waals surface area (Å²) in [7, 11) is 0. The molecule has 4 nitrogen and oxygen atoms in total. The van der Waals surface area contributed by atoms with Gasteiger partial charge in [0.05, 0.1) is 5.84 Å². The summed E-state index contributed by atoms with van der Waals surface area (Å²) in [5, 5.41) is 7.50. The molecule has 2 saturated heterocycles. The van der Waals surface area contributed by atoms with E-state index in [0.717, 1.165) is 18.9 Å². The predicted octanol–water partition coefficient (Wildman–Crippen LogP) is 1.26. The Morgan fingerprint density at radius 2 is 2.24 bits per heavy atom. The van der Waals surface area contributed by atoms with E-state index in [1.165, 1.54) is 32.5 Å². The minimum atomic E-state index is 0.331. The van der Waals surface area contributed by atoms with Gasteiger partial charge in [-0.05, 0) is 32.7 Å². The van der Waals surface area contributed by atoms with Crippen LogP contribution >= 0.6 is 0 Å². The zero-order valence-corrected chi connectivity index (χ0v) is 11.2. The monoisotopic (exact) mass is 238 g/mol. The van der Waals surface area contributed by atoms with Gasteiger partial charge in [-0.2, -0.15) is 0 Å². The fraction of sp³-hybridized carbons (Fsp3) is 0.923. The summed E-state index contributed by atoms with van der Waals surface area (Å²) < 4.78 is 0. The lowest BCUT2D eigenvalue weighted by Gasteiger charge is -2.46. The smallest absolute Gasteiger partial charge is 0.0921 e. The van der Waals surface area contributed by atoms with E-state index in [-0.39, 0.29) is 0 Å². The Morgan fingerprint density at radius 3 is 2.88 bits per heavy atom. The molecule has 2 heterocycles. The molecule has 3 N–H and O–H groups in total. The molecule has 98 valence electrons. The molecule has 0 amide bonds. The molecular weight excluding hydrogens is 212 g/mol. The van der Waals surface area contributed by atoms with Gasteiger partial charge in [-0.1, -0.05) is 6.92 Å². The van der Waals surface area contributed by atoms with Gasteiger partial charge in [0.15, 0.2) is 0 Å². The van der Waals surface area contributed by atoms with Gasteiger partial charge in [0.1, 0.15) is 0 Å². The topological polar surface area (TPSA) is 56.4 Å². The number of rotatable bonds is 4. The van der Waals surface area contributed by atoms with Crippen LogP contribution in [0.4, 0.5) is 0 Å². The minimum Gasteiger partial charge on any atom is -0.388 e. The van der Waals surface area contributed by atoms with E-state index < -0.39 is 0 Å². The first kappa shape index (κ1) is 12.8. The second-order valence-electron chi connectivity index (χ2n) is 5.63. The molecule has 0 aromatic rings. The van der Waals surface area contributed by atoms with Crippen LogP contribution in [0, 0.1) is 5.41 Å². The molecule has 0 bridgehead atoms. The molecule has 0 aromatic heterocycles. The molecule has 17 heavy (non-hydrogen) atoms. The van der Waals surface area contributed by atoms with Crippen LogP contribution in [-0.2, 0) is 0 Å². The van der Waals surface area contributed by atoms with Crippen molar-refractivity contribution < 1.29 is 0 Å². The maximum Gasteiger partial charge on any atom is 0.0921 e. The van der Waals surface area contributed by atoms with Crippen molar-refractivity contribution in [1.82, 2.24) is 9.80 Å². The van der Waals surface area contributed by atoms with Crippen molar-refractivity contribution in [1.29, 1.82) is 5.41 Å². The number of hydrogen-bond donors (Lipinski definition) is 2. The van der Waals surface area contributed by atoms with Gasteiger partial charge in [-0.25, -0.2) is 0 Å². The summed E-state index contributed by atoms with van der Waals surface area (Å²) in [4.78, 5) is 5.23. The van der Waals surface area contributed by atoms with Crippen LogP contribution in [0.25, 0.3) is 0 Å². The minimum absolute atomic E-state index is 0.331. The molecule has 2 aliphatic rings. The molecule has 0 aliphatic carbocycles. The summed E-state index contributed by atoms with van der Waals surface area (Å²) in [5.74, 6) is 0.331. The highest BCUT2D eigenvalue weighted by atomic mass is 15.3. The number of piperazine rings is 1. The molecular formula is C13H26N4. The molecule has 3 atom stereocenters. The van der Waals surface area contributed by atoms with Gasteiger partial charge in [-0.3, -0.25) is 15.2 Å². The maximum absolute atomic E-state index is 7.50. The number of nitrogens with two attached hydrogens (primary N) is 1. The quantitative estimate of drug-likeness (QED) is 0.572. The highest BCUT2D eigenvalue weighted by Crippen LogP contribution is 2.27. The van der Waals surface area contributed by atoms with E-state index in [1.807, 2.05) is 0 Å². The largest absolute Gasteiger partial charge is 0.388 e. The molecule has 0 radical (unpaired) electrons. The molecule has 2 aliphatic heterocycles. The number of nitrogens with zero attached hydrogens (tertiary/aromatic N) is 2. The van der Waals surface area contributed by atoms with E-state index in [4.69, 9.17) is 11.1 Å². The first-order valence-corrected chi connectivity index (χ1v) is 6.94. The molecule has 0 spiro atoms. The first-order chi connectivity index (χ1) is 8.11. The highest BCUT2D eigenvalue weighted by molar-refractivity contribution is 5.77. The van der Waals surface area contributed by atoms with Crippen molar-refractivity contribution in [3.05, 3.63) is 0 Å². The third kappa shape index (κ3) is 2.80. The molecule has 0 aromatic carbocycles. The Kier molecular flexibility index (Phi) is 4.05. The van der Waals surface area contributed by atoms with Crippen LogP contribution in [0.2, 0.25) is 0 Å². The van der Waals surface area contributed by atoms with E-state index in [0.29, 0.717) is 17.9 Å². The lowest BCUT2D eigenvalue weighted by atomic mass is 10.0. The fourth-order valence-corrected chi connectivity index (χ4v) is 3.47. The zero-order valence-electron chi connectivity index (χ0n) is 11.2. The summed E-state index contributed by atoms with van der Waals surface area (Å²) in [6.45, 7) is 8.18. The average Bonchev–Trinajstić information content (AvgIpc) is 2.71. The third-order valence-electron chi connectivity index (χ3n) is 4.38. The van der Waals surface area contributed by atoms with Gasteiger partial charge in [0.2, 0.25) is 0 Å². The number of nitrogens with one attached hydrogen (secondary N) is 1. The molecule has 4 heteroatoms. The van der Waals surface area contributed by atoms with E-state index in [9.17, 15) is 0 Å². The van der Waals surface area contributed by atoms with Crippen LogP contribution in [0.15, 0.2) is 0 Å². The Hall–Kier alpha value is -0.610. The molecule has 0 saturated carbocycles. The Morgan fingerprint density at radius 1 is 1.47 bits per heavy atom. The van der Waals surface area contributed by atoms with Crippen molar-refractivity contribution in [3.8, 4) is 0 Å². The Bertz CT molecular complexity index is 279. The SMILES string of the molecule is CCC(CC(=N)N)N1CC2CCCN2CC1C. The van der Waals surface area contributed by atoms with Crippen molar-refractivity contribution in [2.45, 2.75) is 57.7 Å². The zero-order chi connectivity index (χ0) is 12.4. The van der Waals surface area contributed by atoms with Crippen molar-refractivity contribution >= 4 is 5.84 Å². The van der Waals surface area contributed by atoms with Gasteiger partial charge in [-0.15, -0.1) is 0 Å². The number of amidine groups is 1. The average molecular weight is 238 g/mol. The van der Waals surface area contributed by atoms with Crippen LogP contribution < -0.4 is 5.73 Å². The summed E-state index contributed by atoms with van der Waals surface area (Å²) in [6, 6.07) is 1.83. The Labute approximate surface area is 105 Å². The predicted molar refractivity (Wildman–Crippen MR) is 71.4 cm³/mol. The van der Waals surface area contributed by atoms with Gasteiger partial charge in [0, 0.05) is 37.6 Å². The Balaban J connectivity index is 2.00. The van der Waals surface area contributed by atoms with Gasteiger partial charge >= 0.3 is 0 Å². The van der Waals surface area contributed by atoms with E-state index >= 15 is 0 Å². The fourth-order valence-electron chi connectivity index (χ4n) is 3.47. The normalized spacial score (nSPS) is 32.4. The maximum atomic E-state index is 7.50. The van der Waals surface area contributed by atoms with Crippen molar-refractivity contribution in [2.75, 3.05) is 19.6 Å². The highest BCUT2D eigenvalue weighted by Gasteiger charge is 2.36. The molecule has 3 unspecified atom stereocenters. The van der Waals surface area contributed by atoms with Gasteiger partial charge < -0.3 is 5.73 Å².